The van der Waals surface area contributed by atoms with Crippen LogP contribution in [0, 0.1) is 6.92 Å². The number of aryl methyl sites for hydroxylation is 1. The van der Waals surface area contributed by atoms with Crippen LogP contribution in [0.15, 0.2) is 45.3 Å². The number of anilines is 1. The van der Waals surface area contributed by atoms with Crippen LogP contribution in [0.4, 0.5) is 5.13 Å². The van der Waals surface area contributed by atoms with Crippen LogP contribution in [0.25, 0.3) is 11.5 Å². The van der Waals surface area contributed by atoms with Crippen molar-refractivity contribution in [2.45, 2.75) is 32.7 Å². The highest BCUT2D eigenvalue weighted by molar-refractivity contribution is 14.0. The summed E-state index contributed by atoms with van der Waals surface area (Å²) in [5, 5.41) is 9.94. The van der Waals surface area contributed by atoms with Gasteiger partial charge in [0.25, 0.3) is 0 Å². The highest BCUT2D eigenvalue weighted by Gasteiger charge is 2.15. The van der Waals surface area contributed by atoms with Gasteiger partial charge < -0.3 is 20.0 Å². The molecule has 1 aliphatic rings. The van der Waals surface area contributed by atoms with E-state index in [1.807, 2.05) is 12.1 Å². The van der Waals surface area contributed by atoms with E-state index in [2.05, 4.69) is 49.9 Å². The minimum absolute atomic E-state index is 0. The highest BCUT2D eigenvalue weighted by Crippen LogP contribution is 2.24. The van der Waals surface area contributed by atoms with Crippen molar-refractivity contribution in [2.75, 3.05) is 31.6 Å². The predicted octanol–water partition coefficient (Wildman–Crippen LogP) is 4.23. The van der Waals surface area contributed by atoms with E-state index in [0.29, 0.717) is 12.4 Å². The molecule has 9 heteroatoms. The molecule has 166 valence electrons. The van der Waals surface area contributed by atoms with Crippen LogP contribution in [-0.4, -0.2) is 42.6 Å². The molecule has 0 amide bonds. The number of halogens is 1. The van der Waals surface area contributed by atoms with Crippen molar-refractivity contribution in [3.8, 4) is 11.5 Å². The summed E-state index contributed by atoms with van der Waals surface area (Å²) < 4.78 is 5.62. The van der Waals surface area contributed by atoms with Gasteiger partial charge in [0.15, 0.2) is 11.1 Å². The lowest BCUT2D eigenvalue weighted by molar-refractivity contribution is 0.572. The van der Waals surface area contributed by atoms with Crippen LogP contribution < -0.4 is 15.5 Å². The average molecular weight is 552 g/mol. The third-order valence-electron chi connectivity index (χ3n) is 5.10. The lowest BCUT2D eigenvalue weighted by Gasteiger charge is -2.12. The van der Waals surface area contributed by atoms with Crippen molar-refractivity contribution in [3.05, 3.63) is 52.9 Å². The van der Waals surface area contributed by atoms with Crippen LogP contribution >= 0.6 is 35.3 Å². The minimum atomic E-state index is 0. The van der Waals surface area contributed by atoms with Gasteiger partial charge in [-0.2, -0.15) is 0 Å². The molecule has 3 aromatic rings. The number of hydrogen-bond acceptors (Lipinski definition) is 6. The third-order valence-corrected chi connectivity index (χ3v) is 6.05. The largest absolute Gasteiger partial charge is 0.444 e. The zero-order chi connectivity index (χ0) is 20.8. The summed E-state index contributed by atoms with van der Waals surface area (Å²) in [7, 11) is 1.77. The monoisotopic (exact) mass is 552 g/mol. The number of aromatic nitrogens is 2. The molecular formula is C22H29IN6OS. The highest BCUT2D eigenvalue weighted by atomic mass is 127. The summed E-state index contributed by atoms with van der Waals surface area (Å²) in [4.78, 5) is 16.0. The molecule has 1 aromatic carbocycles. The number of rotatable bonds is 7. The average Bonchev–Trinajstić information content (AvgIpc) is 3.52. The number of nitrogens with zero attached hydrogens (tertiary/aromatic N) is 4. The topological polar surface area (TPSA) is 78.6 Å². The van der Waals surface area contributed by atoms with Gasteiger partial charge in [-0.25, -0.2) is 9.97 Å². The summed E-state index contributed by atoms with van der Waals surface area (Å²) in [6.45, 7) is 5.65. The third kappa shape index (κ3) is 6.42. The van der Waals surface area contributed by atoms with E-state index in [-0.39, 0.29) is 24.0 Å². The van der Waals surface area contributed by atoms with Gasteiger partial charge in [0.2, 0.25) is 5.89 Å². The fourth-order valence-electron chi connectivity index (χ4n) is 3.39. The molecule has 0 bridgehead atoms. The molecule has 0 spiro atoms. The van der Waals surface area contributed by atoms with Gasteiger partial charge in [-0.05, 0) is 31.9 Å². The molecule has 3 heterocycles. The standard InChI is InChI=1S/C22H28N6OS.HI/c1-16-5-7-17(8-6-16)20-26-19(14-29-20)13-25-21(23-2)24-10-9-18-15-30-22(27-18)28-11-3-4-12-28;/h5-8,14-15H,3-4,9-13H2,1-2H3,(H2,23,24,25);1H. The van der Waals surface area contributed by atoms with E-state index in [1.54, 1.807) is 24.6 Å². The Hall–Kier alpha value is -2.14. The summed E-state index contributed by atoms with van der Waals surface area (Å²) in [6, 6.07) is 8.15. The normalized spacial score (nSPS) is 13.9. The van der Waals surface area contributed by atoms with E-state index in [4.69, 9.17) is 9.40 Å². The zero-order valence-electron chi connectivity index (χ0n) is 17.9. The van der Waals surface area contributed by atoms with Gasteiger partial charge in [0.1, 0.15) is 6.26 Å². The maximum absolute atomic E-state index is 5.62. The minimum Gasteiger partial charge on any atom is -0.444 e. The summed E-state index contributed by atoms with van der Waals surface area (Å²) in [6.07, 6.45) is 5.10. The van der Waals surface area contributed by atoms with Crippen LogP contribution in [-0.2, 0) is 13.0 Å². The predicted molar refractivity (Wildman–Crippen MR) is 138 cm³/mol. The lowest BCUT2D eigenvalue weighted by atomic mass is 10.1. The van der Waals surface area contributed by atoms with Crippen molar-refractivity contribution < 1.29 is 4.42 Å². The first-order chi connectivity index (χ1) is 14.7. The molecule has 1 saturated heterocycles. The zero-order valence-corrected chi connectivity index (χ0v) is 21.1. The van der Waals surface area contributed by atoms with E-state index in [0.717, 1.165) is 54.1 Å². The van der Waals surface area contributed by atoms with E-state index < -0.39 is 0 Å². The maximum atomic E-state index is 5.62. The molecule has 0 unspecified atom stereocenters. The van der Waals surface area contributed by atoms with Gasteiger partial charge >= 0.3 is 0 Å². The molecule has 0 aliphatic carbocycles. The Morgan fingerprint density at radius 2 is 1.90 bits per heavy atom. The molecule has 7 nitrogen and oxygen atoms in total. The molecule has 2 N–H and O–H groups in total. The van der Waals surface area contributed by atoms with Crippen LogP contribution in [0.5, 0.6) is 0 Å². The number of aliphatic imine (C=N–C) groups is 1. The van der Waals surface area contributed by atoms with Gasteiger partial charge in [0, 0.05) is 44.0 Å². The van der Waals surface area contributed by atoms with Crippen molar-refractivity contribution >= 4 is 46.4 Å². The van der Waals surface area contributed by atoms with Gasteiger partial charge in [-0.3, -0.25) is 4.99 Å². The van der Waals surface area contributed by atoms with Crippen molar-refractivity contribution in [3.63, 3.8) is 0 Å². The van der Waals surface area contributed by atoms with Crippen LogP contribution in [0.1, 0.15) is 29.8 Å². The SMILES string of the molecule is CN=C(NCCc1csc(N2CCCC2)n1)NCc1coc(-c2ccc(C)cc2)n1.I. The van der Waals surface area contributed by atoms with E-state index >= 15 is 0 Å². The Balaban J connectivity index is 0.00000272. The quantitative estimate of drug-likeness (QED) is 0.260. The lowest BCUT2D eigenvalue weighted by Crippen LogP contribution is -2.38. The van der Waals surface area contributed by atoms with Crippen molar-refractivity contribution in [1.82, 2.24) is 20.6 Å². The Morgan fingerprint density at radius 3 is 2.65 bits per heavy atom. The van der Waals surface area contributed by atoms with Crippen LogP contribution in [0.2, 0.25) is 0 Å². The molecule has 0 radical (unpaired) electrons. The Morgan fingerprint density at radius 1 is 1.13 bits per heavy atom. The molecule has 1 fully saturated rings. The first kappa shape index (κ1) is 23.5. The molecule has 31 heavy (non-hydrogen) atoms. The molecule has 0 saturated carbocycles. The number of oxazole rings is 1. The van der Waals surface area contributed by atoms with Gasteiger partial charge in [0.05, 0.1) is 17.9 Å². The number of nitrogens with one attached hydrogen (secondary N) is 2. The fourth-order valence-corrected chi connectivity index (χ4v) is 4.30. The van der Waals surface area contributed by atoms with Crippen molar-refractivity contribution in [2.24, 2.45) is 4.99 Å². The number of benzene rings is 1. The van der Waals surface area contributed by atoms with Crippen LogP contribution in [0.3, 0.4) is 0 Å². The summed E-state index contributed by atoms with van der Waals surface area (Å²) in [5.74, 6) is 1.37. The number of thiazole rings is 1. The van der Waals surface area contributed by atoms with E-state index in [9.17, 15) is 0 Å². The Labute approximate surface area is 204 Å². The molecule has 2 aromatic heterocycles. The second kappa shape index (κ2) is 11.5. The molecule has 4 rings (SSSR count). The number of hydrogen-bond donors (Lipinski definition) is 2. The fraction of sp³-hybridized carbons (Fsp3) is 0.409. The summed E-state index contributed by atoms with van der Waals surface area (Å²) >= 11 is 1.74. The number of guanidine groups is 1. The Bertz CT molecular complexity index is 978. The Kier molecular flexibility index (Phi) is 8.70. The first-order valence-corrected chi connectivity index (χ1v) is 11.2. The molecule has 0 atom stereocenters. The first-order valence-electron chi connectivity index (χ1n) is 10.4. The van der Waals surface area contributed by atoms with Crippen molar-refractivity contribution in [1.29, 1.82) is 0 Å². The molecule has 1 aliphatic heterocycles. The van der Waals surface area contributed by atoms with E-state index in [1.165, 1.54) is 18.4 Å². The second-order valence-electron chi connectivity index (χ2n) is 7.43. The smallest absolute Gasteiger partial charge is 0.226 e. The van der Waals surface area contributed by atoms with Gasteiger partial charge in [-0.15, -0.1) is 35.3 Å². The maximum Gasteiger partial charge on any atom is 0.226 e. The summed E-state index contributed by atoms with van der Waals surface area (Å²) in [5.41, 5.74) is 4.16. The molecular weight excluding hydrogens is 523 g/mol. The second-order valence-corrected chi connectivity index (χ2v) is 8.26. The van der Waals surface area contributed by atoms with Gasteiger partial charge in [-0.1, -0.05) is 17.7 Å².